The van der Waals surface area contributed by atoms with Gasteiger partial charge < -0.3 is 20.8 Å². The van der Waals surface area contributed by atoms with Crippen molar-refractivity contribution in [1.82, 2.24) is 5.32 Å². The molecular weight excluding hydrogens is 276 g/mol. The first-order valence-electron chi connectivity index (χ1n) is 6.53. The SMILES string of the molecule is CCc1ccc(NC(=O)N[C@@H](CCC(=O)O)C(=O)O)cc1. The fourth-order valence-corrected chi connectivity index (χ4v) is 1.67. The number of carboxylic acids is 2. The van der Waals surface area contributed by atoms with Crippen molar-refractivity contribution in [3.63, 3.8) is 0 Å². The Bertz CT molecular complexity index is 513. The lowest BCUT2D eigenvalue weighted by molar-refractivity contribution is -0.140. The average Bonchev–Trinajstić information content (AvgIpc) is 2.43. The molecule has 0 aliphatic rings. The minimum absolute atomic E-state index is 0.174. The first kappa shape index (κ1) is 16.5. The standard InChI is InChI=1S/C14H18N2O5/c1-2-9-3-5-10(6-4-9)15-14(21)16-11(13(19)20)7-8-12(17)18/h3-6,11H,2,7-8H2,1H3,(H,17,18)(H,19,20)(H2,15,16,21)/t11-/m0/s1. The molecule has 4 N–H and O–H groups in total. The second kappa shape index (κ2) is 7.88. The van der Waals surface area contributed by atoms with Crippen LogP contribution < -0.4 is 10.6 Å². The number of carbonyl (C=O) groups is 3. The summed E-state index contributed by atoms with van der Waals surface area (Å²) in [5, 5.41) is 22.2. The Morgan fingerprint density at radius 2 is 1.76 bits per heavy atom. The molecule has 0 unspecified atom stereocenters. The van der Waals surface area contributed by atoms with Gasteiger partial charge in [-0.25, -0.2) is 9.59 Å². The van der Waals surface area contributed by atoms with Crippen LogP contribution in [0.5, 0.6) is 0 Å². The Balaban J connectivity index is 2.56. The molecule has 7 nitrogen and oxygen atoms in total. The summed E-state index contributed by atoms with van der Waals surface area (Å²) in [7, 11) is 0. The van der Waals surface area contributed by atoms with Gasteiger partial charge in [-0.2, -0.15) is 0 Å². The Morgan fingerprint density at radius 1 is 1.14 bits per heavy atom. The Hall–Kier alpha value is -2.57. The lowest BCUT2D eigenvalue weighted by Gasteiger charge is -2.14. The van der Waals surface area contributed by atoms with Gasteiger partial charge in [0.05, 0.1) is 0 Å². The van der Waals surface area contributed by atoms with Crippen LogP contribution in [-0.2, 0) is 16.0 Å². The number of carbonyl (C=O) groups excluding carboxylic acids is 1. The molecule has 0 aliphatic heterocycles. The molecule has 0 fully saturated rings. The number of anilines is 1. The Kier molecular flexibility index (Phi) is 6.19. The monoisotopic (exact) mass is 294 g/mol. The summed E-state index contributed by atoms with van der Waals surface area (Å²) in [5.74, 6) is -2.38. The number of urea groups is 1. The molecule has 0 radical (unpaired) electrons. The summed E-state index contributed by atoms with van der Waals surface area (Å²) in [6, 6.07) is 5.22. The van der Waals surface area contributed by atoms with Gasteiger partial charge in [0.1, 0.15) is 6.04 Å². The van der Waals surface area contributed by atoms with Crippen LogP contribution in [0.4, 0.5) is 10.5 Å². The largest absolute Gasteiger partial charge is 0.481 e. The van der Waals surface area contributed by atoms with E-state index in [1.807, 2.05) is 19.1 Å². The minimum atomic E-state index is -1.27. The zero-order valence-electron chi connectivity index (χ0n) is 11.6. The van der Waals surface area contributed by atoms with E-state index >= 15 is 0 Å². The molecule has 1 rings (SSSR count). The van der Waals surface area contributed by atoms with Gasteiger partial charge in [-0.05, 0) is 30.5 Å². The molecule has 0 saturated carbocycles. The number of aryl methyl sites for hydroxylation is 1. The van der Waals surface area contributed by atoms with Crippen LogP contribution in [0.3, 0.4) is 0 Å². The maximum atomic E-state index is 11.7. The van der Waals surface area contributed by atoms with E-state index in [0.717, 1.165) is 12.0 Å². The predicted octanol–water partition coefficient (Wildman–Crippen LogP) is 1.69. The summed E-state index contributed by atoms with van der Waals surface area (Å²) < 4.78 is 0. The topological polar surface area (TPSA) is 116 Å². The first-order chi connectivity index (χ1) is 9.92. The number of aliphatic carboxylic acids is 2. The van der Waals surface area contributed by atoms with Gasteiger partial charge in [-0.3, -0.25) is 4.79 Å². The van der Waals surface area contributed by atoms with Crippen LogP contribution in [0.2, 0.25) is 0 Å². The van der Waals surface area contributed by atoms with E-state index in [1.54, 1.807) is 12.1 Å². The highest BCUT2D eigenvalue weighted by Crippen LogP contribution is 2.10. The van der Waals surface area contributed by atoms with Gasteiger partial charge in [0, 0.05) is 12.1 Å². The molecule has 21 heavy (non-hydrogen) atoms. The molecule has 7 heteroatoms. The third-order valence-electron chi connectivity index (χ3n) is 2.87. The predicted molar refractivity (Wildman–Crippen MR) is 76.3 cm³/mol. The summed E-state index contributed by atoms with van der Waals surface area (Å²) in [6.45, 7) is 2.01. The summed E-state index contributed by atoms with van der Waals surface area (Å²) in [6.07, 6.45) is 0.373. The van der Waals surface area contributed by atoms with E-state index in [0.29, 0.717) is 5.69 Å². The number of rotatable bonds is 7. The Morgan fingerprint density at radius 3 is 2.24 bits per heavy atom. The van der Waals surface area contributed by atoms with Crippen molar-refractivity contribution < 1.29 is 24.6 Å². The van der Waals surface area contributed by atoms with Crippen LogP contribution in [0, 0.1) is 0 Å². The van der Waals surface area contributed by atoms with E-state index in [-0.39, 0.29) is 12.8 Å². The normalized spacial score (nSPS) is 11.5. The third-order valence-corrected chi connectivity index (χ3v) is 2.87. The highest BCUT2D eigenvalue weighted by atomic mass is 16.4. The van der Waals surface area contributed by atoms with Gasteiger partial charge in [-0.1, -0.05) is 19.1 Å². The summed E-state index contributed by atoms with van der Waals surface area (Å²) in [5.41, 5.74) is 1.65. The van der Waals surface area contributed by atoms with Crippen LogP contribution in [-0.4, -0.2) is 34.2 Å². The van der Waals surface area contributed by atoms with Crippen molar-refractivity contribution in [1.29, 1.82) is 0 Å². The second-order valence-corrected chi connectivity index (χ2v) is 4.47. The van der Waals surface area contributed by atoms with Crippen molar-refractivity contribution >= 4 is 23.7 Å². The van der Waals surface area contributed by atoms with Crippen molar-refractivity contribution in [2.75, 3.05) is 5.32 Å². The molecule has 1 aromatic carbocycles. The van der Waals surface area contributed by atoms with Crippen molar-refractivity contribution in [3.8, 4) is 0 Å². The van der Waals surface area contributed by atoms with Crippen molar-refractivity contribution in [2.24, 2.45) is 0 Å². The molecule has 0 heterocycles. The number of hydrogen-bond donors (Lipinski definition) is 4. The number of hydrogen-bond acceptors (Lipinski definition) is 3. The number of benzene rings is 1. The summed E-state index contributed by atoms with van der Waals surface area (Å²) >= 11 is 0. The van der Waals surface area contributed by atoms with Crippen LogP contribution >= 0.6 is 0 Å². The lowest BCUT2D eigenvalue weighted by Crippen LogP contribution is -2.43. The lowest BCUT2D eigenvalue weighted by atomic mass is 10.1. The van der Waals surface area contributed by atoms with Gasteiger partial charge in [-0.15, -0.1) is 0 Å². The molecule has 2 amide bonds. The van der Waals surface area contributed by atoms with Gasteiger partial charge in [0.15, 0.2) is 0 Å². The van der Waals surface area contributed by atoms with Crippen molar-refractivity contribution in [3.05, 3.63) is 29.8 Å². The van der Waals surface area contributed by atoms with Gasteiger partial charge >= 0.3 is 18.0 Å². The second-order valence-electron chi connectivity index (χ2n) is 4.47. The molecule has 0 aromatic heterocycles. The van der Waals surface area contributed by atoms with E-state index in [9.17, 15) is 14.4 Å². The van der Waals surface area contributed by atoms with Crippen LogP contribution in [0.1, 0.15) is 25.3 Å². The first-order valence-corrected chi connectivity index (χ1v) is 6.53. The molecular formula is C14H18N2O5. The zero-order valence-corrected chi connectivity index (χ0v) is 11.6. The maximum absolute atomic E-state index is 11.7. The smallest absolute Gasteiger partial charge is 0.326 e. The van der Waals surface area contributed by atoms with Crippen molar-refractivity contribution in [2.45, 2.75) is 32.2 Å². The van der Waals surface area contributed by atoms with E-state index in [2.05, 4.69) is 10.6 Å². The summed E-state index contributed by atoms with van der Waals surface area (Å²) in [4.78, 5) is 33.1. The Labute approximate surface area is 122 Å². The number of carboxylic acid groups (broad SMARTS) is 2. The van der Waals surface area contributed by atoms with E-state index < -0.39 is 24.0 Å². The fourth-order valence-electron chi connectivity index (χ4n) is 1.67. The minimum Gasteiger partial charge on any atom is -0.481 e. The van der Waals surface area contributed by atoms with Crippen LogP contribution in [0.15, 0.2) is 24.3 Å². The highest BCUT2D eigenvalue weighted by Gasteiger charge is 2.20. The maximum Gasteiger partial charge on any atom is 0.326 e. The van der Waals surface area contributed by atoms with Crippen LogP contribution in [0.25, 0.3) is 0 Å². The molecule has 1 atom stereocenters. The zero-order chi connectivity index (χ0) is 15.8. The van der Waals surface area contributed by atoms with Gasteiger partial charge in [0.2, 0.25) is 0 Å². The van der Waals surface area contributed by atoms with E-state index in [4.69, 9.17) is 10.2 Å². The molecule has 114 valence electrons. The van der Waals surface area contributed by atoms with Gasteiger partial charge in [0.25, 0.3) is 0 Å². The molecule has 0 aliphatic carbocycles. The molecule has 0 saturated heterocycles. The molecule has 0 bridgehead atoms. The number of amides is 2. The van der Waals surface area contributed by atoms with E-state index in [1.165, 1.54) is 0 Å². The molecule has 0 spiro atoms. The highest BCUT2D eigenvalue weighted by molar-refractivity contribution is 5.92. The third kappa shape index (κ3) is 5.94. The number of nitrogens with one attached hydrogen (secondary N) is 2. The average molecular weight is 294 g/mol. The quantitative estimate of drug-likeness (QED) is 0.610. The molecule has 1 aromatic rings. The fraction of sp³-hybridized carbons (Fsp3) is 0.357.